The van der Waals surface area contributed by atoms with Crippen molar-refractivity contribution < 1.29 is 72.9 Å². The zero-order valence-corrected chi connectivity index (χ0v) is 22.6. The molecule has 0 amide bonds. The van der Waals surface area contributed by atoms with Gasteiger partial charge in [-0.2, -0.15) is 43.9 Å². The van der Waals surface area contributed by atoms with E-state index in [0.717, 1.165) is 0 Å². The van der Waals surface area contributed by atoms with Crippen molar-refractivity contribution in [1.82, 2.24) is 0 Å². The van der Waals surface area contributed by atoms with Crippen LogP contribution < -0.4 is 0 Å². The van der Waals surface area contributed by atoms with Crippen molar-refractivity contribution in [3.8, 4) is 0 Å². The van der Waals surface area contributed by atoms with E-state index in [4.69, 9.17) is 5.11 Å². The number of ether oxygens (including phenoxy) is 1. The van der Waals surface area contributed by atoms with Crippen LogP contribution in [0.1, 0.15) is 59.2 Å². The molecule has 1 N–H and O–H groups in total. The molecule has 0 heterocycles. The molecule has 6 nitrogen and oxygen atoms in total. The van der Waals surface area contributed by atoms with Gasteiger partial charge in [-0.25, -0.2) is 0 Å². The zero-order chi connectivity index (χ0) is 33.8. The molecule has 0 bridgehead atoms. The maximum absolute atomic E-state index is 12.9. The number of aliphatic carboxylic acids is 1. The fourth-order valence-electron chi connectivity index (χ4n) is 3.30. The molecule has 16 heteroatoms. The Hall–Kier alpha value is -3.98. The second-order valence-electron chi connectivity index (χ2n) is 9.28. The first-order chi connectivity index (χ1) is 20.2. The number of benzene rings is 2. The molecule has 2 aromatic carbocycles. The summed E-state index contributed by atoms with van der Waals surface area (Å²) in [5.41, 5.74) is 0.675. The van der Waals surface area contributed by atoms with Gasteiger partial charge < -0.3 is 9.84 Å². The van der Waals surface area contributed by atoms with Gasteiger partial charge >= 0.3 is 36.1 Å². The van der Waals surface area contributed by atoms with Gasteiger partial charge in [0.2, 0.25) is 0 Å². The Morgan fingerprint density at radius 3 is 1.48 bits per heavy atom. The number of esters is 1. The van der Waals surface area contributed by atoms with Crippen molar-refractivity contribution in [3.05, 3.63) is 71.8 Å². The van der Waals surface area contributed by atoms with Crippen LogP contribution in [0.25, 0.3) is 0 Å². The third-order valence-corrected chi connectivity index (χ3v) is 5.79. The number of halogens is 10. The Kier molecular flexibility index (Phi) is 14.0. The first-order valence-electron chi connectivity index (χ1n) is 12.6. The fraction of sp³-hybridized carbons (Fsp3) is 0.429. The van der Waals surface area contributed by atoms with Crippen LogP contribution in [0.4, 0.5) is 43.9 Å². The molecule has 1 unspecified atom stereocenters. The standard InChI is InChI=1S/2C14H13F5O3/c15-13(16,14(17,18)19)9-22-12(21)8-4-7-11(20)10-5-2-1-3-6-10;15-13(16,14(17,18)19)8-10(12(21)22)6-7-11(20)9-4-2-1-3-5-9/h1-3,5-6H,4,7-9H2;1-5,10H,6-8H2,(H,21,22). The predicted octanol–water partition coefficient (Wildman–Crippen LogP) is 7.72. The summed E-state index contributed by atoms with van der Waals surface area (Å²) in [5.74, 6) is -15.9. The van der Waals surface area contributed by atoms with Crippen LogP contribution in [0.15, 0.2) is 60.7 Å². The van der Waals surface area contributed by atoms with Crippen molar-refractivity contribution in [2.24, 2.45) is 5.92 Å². The first-order valence-corrected chi connectivity index (χ1v) is 12.6. The van der Waals surface area contributed by atoms with Gasteiger partial charge in [0.05, 0.1) is 5.92 Å². The number of carbonyl (C=O) groups is 4. The molecule has 0 saturated heterocycles. The van der Waals surface area contributed by atoms with Crippen LogP contribution in [0.3, 0.4) is 0 Å². The van der Waals surface area contributed by atoms with E-state index in [9.17, 15) is 63.1 Å². The van der Waals surface area contributed by atoms with Crippen LogP contribution in [-0.2, 0) is 14.3 Å². The van der Waals surface area contributed by atoms with Gasteiger partial charge in [-0.05, 0) is 12.8 Å². The van der Waals surface area contributed by atoms with Crippen LogP contribution in [0.2, 0.25) is 0 Å². The van der Waals surface area contributed by atoms with Gasteiger partial charge in [0.25, 0.3) is 0 Å². The van der Waals surface area contributed by atoms with E-state index in [1.165, 1.54) is 12.1 Å². The summed E-state index contributed by atoms with van der Waals surface area (Å²) in [5, 5.41) is 8.77. The molecular weight excluding hydrogens is 622 g/mol. The van der Waals surface area contributed by atoms with Crippen LogP contribution >= 0.6 is 0 Å². The minimum absolute atomic E-state index is 0.00412. The van der Waals surface area contributed by atoms with E-state index >= 15 is 0 Å². The molecule has 0 radical (unpaired) electrons. The smallest absolute Gasteiger partial charge is 0.456 e. The molecule has 244 valence electrons. The highest BCUT2D eigenvalue weighted by molar-refractivity contribution is 5.96. The van der Waals surface area contributed by atoms with Crippen LogP contribution in [0, 0.1) is 5.92 Å². The minimum atomic E-state index is -5.82. The lowest BCUT2D eigenvalue weighted by molar-refractivity contribution is -0.294. The minimum Gasteiger partial charge on any atom is -0.481 e. The molecule has 44 heavy (non-hydrogen) atoms. The number of ketones is 2. The van der Waals surface area contributed by atoms with Gasteiger partial charge in [0, 0.05) is 36.8 Å². The lowest BCUT2D eigenvalue weighted by atomic mass is 9.93. The predicted molar refractivity (Wildman–Crippen MR) is 133 cm³/mol. The van der Waals surface area contributed by atoms with E-state index in [1.807, 2.05) is 0 Å². The summed E-state index contributed by atoms with van der Waals surface area (Å²) >= 11 is 0. The summed E-state index contributed by atoms with van der Waals surface area (Å²) in [4.78, 5) is 45.3. The molecule has 0 aliphatic rings. The molecule has 0 aliphatic carbocycles. The van der Waals surface area contributed by atoms with Crippen molar-refractivity contribution in [1.29, 1.82) is 0 Å². The number of hydrogen-bond acceptors (Lipinski definition) is 5. The second kappa shape index (κ2) is 16.2. The highest BCUT2D eigenvalue weighted by Crippen LogP contribution is 2.41. The van der Waals surface area contributed by atoms with Gasteiger partial charge in [0.15, 0.2) is 18.2 Å². The molecular formula is C28H26F10O6. The number of carbonyl (C=O) groups excluding carboxylic acids is 3. The Labute approximate surface area is 244 Å². The van der Waals surface area contributed by atoms with Crippen molar-refractivity contribution in [2.75, 3.05) is 6.61 Å². The fourth-order valence-corrected chi connectivity index (χ4v) is 3.30. The number of carboxylic acids is 1. The second-order valence-corrected chi connectivity index (χ2v) is 9.28. The summed E-state index contributed by atoms with van der Waals surface area (Å²) in [6, 6.07) is 15.8. The van der Waals surface area contributed by atoms with Crippen molar-refractivity contribution in [3.63, 3.8) is 0 Å². The normalized spacial score (nSPS) is 12.9. The lowest BCUT2D eigenvalue weighted by Crippen LogP contribution is -2.41. The molecule has 0 saturated carbocycles. The summed E-state index contributed by atoms with van der Waals surface area (Å²) in [6.07, 6.45) is -14.9. The molecule has 2 rings (SSSR count). The Morgan fingerprint density at radius 2 is 1.07 bits per heavy atom. The Morgan fingerprint density at radius 1 is 0.636 bits per heavy atom. The summed E-state index contributed by atoms with van der Waals surface area (Å²) in [7, 11) is 0. The number of hydrogen-bond donors (Lipinski definition) is 1. The average Bonchev–Trinajstić information content (AvgIpc) is 2.94. The van der Waals surface area contributed by atoms with Gasteiger partial charge in [-0.15, -0.1) is 0 Å². The molecule has 2 aromatic rings. The first kappa shape index (κ1) is 38.0. The van der Waals surface area contributed by atoms with Crippen molar-refractivity contribution >= 4 is 23.5 Å². The summed E-state index contributed by atoms with van der Waals surface area (Å²) < 4.78 is 127. The highest BCUT2D eigenvalue weighted by Gasteiger charge is 2.59. The number of Topliss-reactive ketones (excluding diaryl/α,β-unsaturated/α-hetero) is 2. The van der Waals surface area contributed by atoms with E-state index in [1.54, 1.807) is 48.5 Å². The van der Waals surface area contributed by atoms with Crippen molar-refractivity contribution in [2.45, 2.75) is 62.7 Å². The molecule has 0 spiro atoms. The molecule has 0 aliphatic heterocycles. The van der Waals surface area contributed by atoms with Gasteiger partial charge in [-0.3, -0.25) is 19.2 Å². The molecule has 1 atom stereocenters. The largest absolute Gasteiger partial charge is 0.481 e. The highest BCUT2D eigenvalue weighted by atomic mass is 19.4. The quantitative estimate of drug-likeness (QED) is 0.128. The average molecular weight is 648 g/mol. The monoisotopic (exact) mass is 648 g/mol. The number of alkyl halides is 10. The van der Waals surface area contributed by atoms with E-state index in [-0.39, 0.29) is 24.2 Å². The third-order valence-electron chi connectivity index (χ3n) is 5.79. The third kappa shape index (κ3) is 12.7. The topological polar surface area (TPSA) is 97.7 Å². The SMILES string of the molecule is O=C(CCC(CC(F)(F)C(F)(F)F)C(=O)O)c1ccccc1.O=C(CCCC(=O)c1ccccc1)OCC(F)(F)C(F)(F)F. The Bertz CT molecular complexity index is 1230. The summed E-state index contributed by atoms with van der Waals surface area (Å²) in [6.45, 7) is -2.05. The van der Waals surface area contributed by atoms with Crippen LogP contribution in [0.5, 0.6) is 0 Å². The van der Waals surface area contributed by atoms with E-state index in [0.29, 0.717) is 5.56 Å². The number of carboxylic acid groups (broad SMARTS) is 1. The maximum atomic E-state index is 12.9. The Balaban J connectivity index is 0.000000440. The molecule has 0 aromatic heterocycles. The van der Waals surface area contributed by atoms with E-state index in [2.05, 4.69) is 4.74 Å². The van der Waals surface area contributed by atoms with Crippen LogP contribution in [-0.4, -0.2) is 59.4 Å². The molecule has 0 fully saturated rings. The number of rotatable bonds is 14. The van der Waals surface area contributed by atoms with Gasteiger partial charge in [0.1, 0.15) is 0 Å². The maximum Gasteiger partial charge on any atom is 0.456 e. The lowest BCUT2D eigenvalue weighted by Gasteiger charge is -2.22. The van der Waals surface area contributed by atoms with E-state index < -0.39 is 80.1 Å². The van der Waals surface area contributed by atoms with Gasteiger partial charge in [-0.1, -0.05) is 60.7 Å². The zero-order valence-electron chi connectivity index (χ0n) is 22.6.